The Morgan fingerprint density at radius 2 is 2.00 bits per heavy atom. The molecule has 0 heterocycles. The number of amides is 1. The lowest BCUT2D eigenvalue weighted by Gasteiger charge is -2.03. The minimum atomic E-state index is -0.615. The van der Waals surface area contributed by atoms with Gasteiger partial charge in [-0.25, -0.2) is 0 Å². The fraction of sp³-hybridized carbons (Fsp3) is 0. The monoisotopic (exact) mass is 221 g/mol. The number of nitrogens with zero attached hydrogens (tertiary/aromatic N) is 1. The normalized spacial score (nSPS) is 11.2. The minimum Gasteiger partial charge on any atom is -0.388 e. The van der Waals surface area contributed by atoms with Gasteiger partial charge in [0.2, 0.25) is 0 Å². The van der Waals surface area contributed by atoms with Gasteiger partial charge in [-0.1, -0.05) is 29.8 Å². The van der Waals surface area contributed by atoms with E-state index < -0.39 is 5.91 Å². The van der Waals surface area contributed by atoms with E-state index in [4.69, 9.17) is 22.6 Å². The Kier molecular flexibility index (Phi) is 3.72. The van der Waals surface area contributed by atoms with Crippen LogP contribution >= 0.6 is 11.6 Å². The molecule has 0 saturated carbocycles. The molecule has 0 aliphatic carbocycles. The van der Waals surface area contributed by atoms with Gasteiger partial charge in [-0.15, -0.1) is 0 Å². The summed E-state index contributed by atoms with van der Waals surface area (Å²) in [5.41, 5.74) is 5.45. The second kappa shape index (κ2) is 5.03. The summed E-state index contributed by atoms with van der Waals surface area (Å²) in [6.45, 7) is 0. The van der Waals surface area contributed by atoms with Gasteiger partial charge in [-0.2, -0.15) is 5.26 Å². The van der Waals surface area contributed by atoms with Gasteiger partial charge in [-0.3, -0.25) is 4.79 Å². The molecule has 0 radical (unpaired) electrons. The van der Waals surface area contributed by atoms with Crippen LogP contribution in [0.4, 0.5) is 5.69 Å². The Hall–Kier alpha value is -1.99. The summed E-state index contributed by atoms with van der Waals surface area (Å²) >= 11 is 5.38. The summed E-state index contributed by atoms with van der Waals surface area (Å²) in [5, 5.41) is 10.8. The van der Waals surface area contributed by atoms with Crippen molar-refractivity contribution in [2.45, 2.75) is 0 Å². The van der Waals surface area contributed by atoms with Gasteiger partial charge in [0.1, 0.15) is 11.2 Å². The molecule has 1 amide bonds. The Bertz CT molecular complexity index is 430. The van der Waals surface area contributed by atoms with Gasteiger partial charge in [0, 0.05) is 5.69 Å². The molecule has 0 aliphatic heterocycles. The molecule has 4 nitrogen and oxygen atoms in total. The number of nitrogens with one attached hydrogen (secondary N) is 1. The molecular weight excluding hydrogens is 214 g/mol. The Balaban J connectivity index is 2.82. The van der Waals surface area contributed by atoms with E-state index in [0.29, 0.717) is 5.69 Å². The third-order valence-corrected chi connectivity index (χ3v) is 1.80. The van der Waals surface area contributed by atoms with E-state index >= 15 is 0 Å². The third kappa shape index (κ3) is 3.01. The molecule has 0 atom stereocenters. The average Bonchev–Trinajstić information content (AvgIpc) is 2.19. The number of nitriles is 1. The highest BCUT2D eigenvalue weighted by Crippen LogP contribution is 2.09. The quantitative estimate of drug-likeness (QED) is 0.452. The van der Waals surface area contributed by atoms with Crippen molar-refractivity contribution < 1.29 is 4.79 Å². The number of benzene rings is 1. The summed E-state index contributed by atoms with van der Waals surface area (Å²) in [5.74, 6) is -0.615. The second-order valence-corrected chi connectivity index (χ2v) is 3.06. The number of hydrogen-bond acceptors (Lipinski definition) is 3. The maximum absolute atomic E-state index is 11.4. The minimum absolute atomic E-state index is 0.291. The highest BCUT2D eigenvalue weighted by Gasteiger charge is 2.12. The predicted molar refractivity (Wildman–Crippen MR) is 57.8 cm³/mol. The van der Waals surface area contributed by atoms with Crippen LogP contribution in [0.2, 0.25) is 0 Å². The van der Waals surface area contributed by atoms with Crippen LogP contribution in [0.25, 0.3) is 0 Å². The van der Waals surface area contributed by atoms with E-state index in [1.165, 1.54) is 0 Å². The van der Waals surface area contributed by atoms with E-state index in [0.717, 1.165) is 0 Å². The number of para-hydroxylation sites is 1. The summed E-state index contributed by atoms with van der Waals surface area (Å²) in [6.07, 6.45) is 0. The van der Waals surface area contributed by atoms with Gasteiger partial charge in [0.25, 0.3) is 5.91 Å². The van der Waals surface area contributed by atoms with Crippen LogP contribution < -0.4 is 11.1 Å². The standard InChI is InChI=1S/C10H8ClN3O/c11-9(13)8(6-12)10(15)14-7-4-2-1-3-5-7/h1-5H,13H2,(H,14,15). The largest absolute Gasteiger partial charge is 0.388 e. The van der Waals surface area contributed by atoms with E-state index in [9.17, 15) is 4.79 Å². The SMILES string of the molecule is N#CC(C(=O)Nc1ccccc1)=C(N)Cl. The van der Waals surface area contributed by atoms with Crippen molar-refractivity contribution >= 4 is 23.2 Å². The van der Waals surface area contributed by atoms with E-state index in [1.54, 1.807) is 30.3 Å². The van der Waals surface area contributed by atoms with Crippen molar-refractivity contribution in [3.05, 3.63) is 41.1 Å². The first-order valence-electron chi connectivity index (χ1n) is 4.07. The van der Waals surface area contributed by atoms with Gasteiger partial charge >= 0.3 is 0 Å². The van der Waals surface area contributed by atoms with Crippen LogP contribution in [0, 0.1) is 11.3 Å². The molecule has 0 aliphatic rings. The molecule has 15 heavy (non-hydrogen) atoms. The van der Waals surface area contributed by atoms with Crippen molar-refractivity contribution in [2.75, 3.05) is 5.32 Å². The summed E-state index contributed by atoms with van der Waals surface area (Å²) < 4.78 is 0. The Labute approximate surface area is 91.9 Å². The summed E-state index contributed by atoms with van der Waals surface area (Å²) in [7, 11) is 0. The number of carbonyl (C=O) groups is 1. The number of nitrogens with two attached hydrogens (primary N) is 1. The maximum atomic E-state index is 11.4. The zero-order valence-corrected chi connectivity index (χ0v) is 8.45. The highest BCUT2D eigenvalue weighted by atomic mass is 35.5. The molecule has 76 valence electrons. The smallest absolute Gasteiger partial charge is 0.269 e. The number of rotatable bonds is 2. The first-order chi connectivity index (χ1) is 7.15. The first-order valence-corrected chi connectivity index (χ1v) is 4.44. The molecule has 1 aromatic carbocycles. The van der Waals surface area contributed by atoms with Crippen LogP contribution in [0.15, 0.2) is 41.1 Å². The Morgan fingerprint density at radius 3 is 2.47 bits per heavy atom. The van der Waals surface area contributed by atoms with Gasteiger partial charge < -0.3 is 11.1 Å². The zero-order chi connectivity index (χ0) is 11.3. The molecule has 1 rings (SSSR count). The molecule has 1 aromatic rings. The van der Waals surface area contributed by atoms with Crippen molar-refractivity contribution in [2.24, 2.45) is 5.73 Å². The molecule has 3 N–H and O–H groups in total. The first kappa shape index (κ1) is 11.1. The summed E-state index contributed by atoms with van der Waals surface area (Å²) in [6, 6.07) is 10.3. The van der Waals surface area contributed by atoms with Crippen molar-refractivity contribution in [1.29, 1.82) is 5.26 Å². The summed E-state index contributed by atoms with van der Waals surface area (Å²) in [4.78, 5) is 11.4. The topological polar surface area (TPSA) is 78.9 Å². The van der Waals surface area contributed by atoms with E-state index in [2.05, 4.69) is 5.32 Å². The van der Waals surface area contributed by atoms with Crippen LogP contribution in [0.1, 0.15) is 0 Å². The van der Waals surface area contributed by atoms with Gasteiger partial charge in [0.15, 0.2) is 5.57 Å². The van der Waals surface area contributed by atoms with E-state index in [-0.39, 0.29) is 10.7 Å². The van der Waals surface area contributed by atoms with E-state index in [1.807, 2.05) is 6.07 Å². The lowest BCUT2D eigenvalue weighted by Crippen LogP contribution is -2.16. The molecule has 5 heteroatoms. The number of hydrogen-bond donors (Lipinski definition) is 2. The number of carbonyl (C=O) groups excluding carboxylic acids is 1. The third-order valence-electron chi connectivity index (χ3n) is 1.61. The highest BCUT2D eigenvalue weighted by molar-refractivity contribution is 6.32. The lowest BCUT2D eigenvalue weighted by atomic mass is 10.2. The van der Waals surface area contributed by atoms with Crippen LogP contribution in [-0.2, 0) is 4.79 Å². The second-order valence-electron chi connectivity index (χ2n) is 2.65. The van der Waals surface area contributed by atoms with Gasteiger partial charge in [0.05, 0.1) is 0 Å². The van der Waals surface area contributed by atoms with Crippen LogP contribution in [0.3, 0.4) is 0 Å². The number of halogens is 1. The molecule has 0 aromatic heterocycles. The average molecular weight is 222 g/mol. The molecular formula is C10H8ClN3O. The maximum Gasteiger partial charge on any atom is 0.269 e. The molecule has 0 spiro atoms. The van der Waals surface area contributed by atoms with Crippen molar-refractivity contribution in [3.63, 3.8) is 0 Å². The molecule has 0 saturated heterocycles. The fourth-order valence-corrected chi connectivity index (χ4v) is 1.06. The molecule has 0 fully saturated rings. The fourth-order valence-electron chi connectivity index (χ4n) is 0.928. The number of anilines is 1. The molecule has 0 unspecified atom stereocenters. The zero-order valence-electron chi connectivity index (χ0n) is 7.70. The van der Waals surface area contributed by atoms with Crippen molar-refractivity contribution in [3.8, 4) is 6.07 Å². The predicted octanol–water partition coefficient (Wildman–Crippen LogP) is 1.56. The van der Waals surface area contributed by atoms with Crippen LogP contribution in [0.5, 0.6) is 0 Å². The molecule has 0 bridgehead atoms. The van der Waals surface area contributed by atoms with Gasteiger partial charge in [-0.05, 0) is 12.1 Å². The lowest BCUT2D eigenvalue weighted by molar-refractivity contribution is -0.112. The Morgan fingerprint density at radius 1 is 1.40 bits per heavy atom. The van der Waals surface area contributed by atoms with Crippen molar-refractivity contribution in [1.82, 2.24) is 0 Å². The van der Waals surface area contributed by atoms with Crippen LogP contribution in [-0.4, -0.2) is 5.91 Å².